The quantitative estimate of drug-likeness (QED) is 0.945. The Bertz CT molecular complexity index is 780. The number of nitrogens with zero attached hydrogens (tertiary/aromatic N) is 2. The number of halogens is 1. The van der Waals surface area contributed by atoms with E-state index in [1.54, 1.807) is 13.0 Å². The van der Waals surface area contributed by atoms with Gasteiger partial charge < -0.3 is 0 Å². The zero-order valence-corrected chi connectivity index (χ0v) is 12.0. The summed E-state index contributed by atoms with van der Waals surface area (Å²) in [6.07, 6.45) is 1.30. The van der Waals surface area contributed by atoms with E-state index >= 15 is 0 Å². The molecule has 0 bridgehead atoms. The molecule has 1 aromatic carbocycles. The molecule has 0 unspecified atom stereocenters. The molecule has 7 heteroatoms. The van der Waals surface area contributed by atoms with Crippen molar-refractivity contribution in [3.63, 3.8) is 0 Å². The fourth-order valence-electron chi connectivity index (χ4n) is 1.63. The Morgan fingerprint density at radius 2 is 2.05 bits per heavy atom. The van der Waals surface area contributed by atoms with Gasteiger partial charge >= 0.3 is 0 Å². The van der Waals surface area contributed by atoms with Crippen LogP contribution in [0.3, 0.4) is 0 Å². The Morgan fingerprint density at radius 1 is 1.30 bits per heavy atom. The van der Waals surface area contributed by atoms with Crippen molar-refractivity contribution in [1.29, 1.82) is 5.26 Å². The first-order valence-electron chi connectivity index (χ1n) is 5.57. The SMILES string of the molecule is Cc1cc(Cl)ccc1S(=O)(=O)Nc1ccc(C#N)cn1. The lowest BCUT2D eigenvalue weighted by molar-refractivity contribution is 0.600. The molecule has 0 atom stereocenters. The first-order valence-corrected chi connectivity index (χ1v) is 7.43. The predicted octanol–water partition coefficient (Wildman–Crippen LogP) is 2.72. The number of nitrogens with one attached hydrogen (secondary N) is 1. The molecule has 2 rings (SSSR count). The number of aromatic nitrogens is 1. The van der Waals surface area contributed by atoms with E-state index in [-0.39, 0.29) is 10.7 Å². The summed E-state index contributed by atoms with van der Waals surface area (Å²) in [5.41, 5.74) is 0.897. The van der Waals surface area contributed by atoms with Crippen LogP contribution in [-0.4, -0.2) is 13.4 Å². The van der Waals surface area contributed by atoms with E-state index in [0.29, 0.717) is 16.1 Å². The Labute approximate surface area is 121 Å². The largest absolute Gasteiger partial charge is 0.263 e. The Morgan fingerprint density at radius 3 is 2.60 bits per heavy atom. The van der Waals surface area contributed by atoms with Crippen LogP contribution in [-0.2, 0) is 10.0 Å². The van der Waals surface area contributed by atoms with Gasteiger partial charge in [-0.25, -0.2) is 13.4 Å². The summed E-state index contributed by atoms with van der Waals surface area (Å²) in [7, 11) is -3.73. The summed E-state index contributed by atoms with van der Waals surface area (Å²) >= 11 is 5.80. The van der Waals surface area contributed by atoms with Gasteiger partial charge in [-0.15, -0.1) is 0 Å². The van der Waals surface area contributed by atoms with Crippen molar-refractivity contribution in [2.24, 2.45) is 0 Å². The third-order valence-corrected chi connectivity index (χ3v) is 4.31. The van der Waals surface area contributed by atoms with E-state index < -0.39 is 10.0 Å². The number of sulfonamides is 1. The van der Waals surface area contributed by atoms with Crippen molar-refractivity contribution in [2.75, 3.05) is 4.72 Å². The summed E-state index contributed by atoms with van der Waals surface area (Å²) in [4.78, 5) is 4.00. The highest BCUT2D eigenvalue weighted by Gasteiger charge is 2.17. The maximum Gasteiger partial charge on any atom is 0.263 e. The molecule has 0 fully saturated rings. The van der Waals surface area contributed by atoms with E-state index in [9.17, 15) is 8.42 Å². The summed E-state index contributed by atoms with van der Waals surface area (Å²) in [6.45, 7) is 1.66. The zero-order valence-electron chi connectivity index (χ0n) is 10.5. The highest BCUT2D eigenvalue weighted by Crippen LogP contribution is 2.21. The average molecular weight is 308 g/mol. The van der Waals surface area contributed by atoms with Gasteiger partial charge in [0.15, 0.2) is 0 Å². The minimum atomic E-state index is -3.73. The molecule has 102 valence electrons. The van der Waals surface area contributed by atoms with Gasteiger partial charge in [-0.05, 0) is 42.8 Å². The minimum Gasteiger partial charge on any atom is -0.263 e. The highest BCUT2D eigenvalue weighted by atomic mass is 35.5. The van der Waals surface area contributed by atoms with Crippen LogP contribution < -0.4 is 4.72 Å². The van der Waals surface area contributed by atoms with E-state index in [1.165, 1.54) is 30.5 Å². The van der Waals surface area contributed by atoms with E-state index in [4.69, 9.17) is 16.9 Å². The molecule has 20 heavy (non-hydrogen) atoms. The molecular weight excluding hydrogens is 298 g/mol. The normalized spacial score (nSPS) is 10.8. The van der Waals surface area contributed by atoms with Crippen LogP contribution >= 0.6 is 11.6 Å². The molecule has 5 nitrogen and oxygen atoms in total. The van der Waals surface area contributed by atoms with E-state index in [1.807, 2.05) is 6.07 Å². The Kier molecular flexibility index (Phi) is 3.93. The second-order valence-corrected chi connectivity index (χ2v) is 6.15. The van der Waals surface area contributed by atoms with Crippen molar-refractivity contribution in [1.82, 2.24) is 4.98 Å². The molecular formula is C13H10ClN3O2S. The van der Waals surface area contributed by atoms with Crippen LogP contribution in [0.25, 0.3) is 0 Å². The lowest BCUT2D eigenvalue weighted by atomic mass is 10.2. The second-order valence-electron chi connectivity index (χ2n) is 4.06. The zero-order chi connectivity index (χ0) is 14.8. The molecule has 0 saturated carbocycles. The molecule has 1 aromatic heterocycles. The van der Waals surface area contributed by atoms with Crippen LogP contribution in [0.1, 0.15) is 11.1 Å². The van der Waals surface area contributed by atoms with E-state index in [0.717, 1.165) is 0 Å². The van der Waals surface area contributed by atoms with Gasteiger partial charge in [0, 0.05) is 11.2 Å². The molecule has 0 aliphatic carbocycles. The highest BCUT2D eigenvalue weighted by molar-refractivity contribution is 7.92. The smallest absolute Gasteiger partial charge is 0.263 e. The van der Waals surface area contributed by atoms with Crippen molar-refractivity contribution in [3.8, 4) is 6.07 Å². The fraction of sp³-hybridized carbons (Fsp3) is 0.0769. The van der Waals surface area contributed by atoms with Crippen molar-refractivity contribution in [3.05, 3.63) is 52.7 Å². The summed E-state index contributed by atoms with van der Waals surface area (Å²) in [5.74, 6) is 0.151. The standard InChI is InChI=1S/C13H10ClN3O2S/c1-9-6-11(14)3-4-12(9)20(18,19)17-13-5-2-10(7-15)8-16-13/h2-6,8H,1H3,(H,16,17). The van der Waals surface area contributed by atoms with Gasteiger partial charge in [0.2, 0.25) is 0 Å². The summed E-state index contributed by atoms with van der Waals surface area (Å²) in [6, 6.07) is 9.34. The van der Waals surface area contributed by atoms with Gasteiger partial charge in [-0.3, -0.25) is 4.72 Å². The van der Waals surface area contributed by atoms with Crippen LogP contribution in [0, 0.1) is 18.3 Å². The third-order valence-electron chi connectivity index (χ3n) is 2.56. The number of pyridine rings is 1. The molecule has 1 heterocycles. The monoisotopic (exact) mass is 307 g/mol. The average Bonchev–Trinajstić information content (AvgIpc) is 2.38. The van der Waals surface area contributed by atoms with Crippen LogP contribution in [0.5, 0.6) is 0 Å². The number of aryl methyl sites for hydroxylation is 1. The van der Waals surface area contributed by atoms with Crippen LogP contribution in [0.15, 0.2) is 41.4 Å². The lowest BCUT2D eigenvalue weighted by Gasteiger charge is -2.09. The number of hydrogen-bond donors (Lipinski definition) is 1. The molecule has 1 N–H and O–H groups in total. The first kappa shape index (κ1) is 14.3. The number of rotatable bonds is 3. The topological polar surface area (TPSA) is 82.9 Å². The van der Waals surface area contributed by atoms with Gasteiger partial charge in [-0.2, -0.15) is 5.26 Å². The fourth-order valence-corrected chi connectivity index (χ4v) is 3.09. The molecule has 0 spiro atoms. The molecule has 0 amide bonds. The number of nitriles is 1. The molecule has 0 aliphatic rings. The van der Waals surface area contributed by atoms with Gasteiger partial charge in [0.25, 0.3) is 10.0 Å². The number of anilines is 1. The Balaban J connectivity index is 2.33. The maximum absolute atomic E-state index is 12.2. The molecule has 0 aliphatic heterocycles. The van der Waals surface area contributed by atoms with Gasteiger partial charge in [-0.1, -0.05) is 11.6 Å². The van der Waals surface area contributed by atoms with Crippen molar-refractivity contribution >= 4 is 27.4 Å². The summed E-state index contributed by atoms with van der Waals surface area (Å²) < 4.78 is 26.8. The third kappa shape index (κ3) is 3.07. The summed E-state index contributed by atoms with van der Waals surface area (Å²) in [5, 5.41) is 9.13. The van der Waals surface area contributed by atoms with Crippen molar-refractivity contribution in [2.45, 2.75) is 11.8 Å². The number of benzene rings is 1. The lowest BCUT2D eigenvalue weighted by Crippen LogP contribution is -2.15. The predicted molar refractivity (Wildman–Crippen MR) is 75.9 cm³/mol. The van der Waals surface area contributed by atoms with Crippen LogP contribution in [0.2, 0.25) is 5.02 Å². The molecule has 0 saturated heterocycles. The second kappa shape index (κ2) is 5.49. The maximum atomic E-state index is 12.2. The Hall–Kier alpha value is -2.10. The minimum absolute atomic E-state index is 0.132. The van der Waals surface area contributed by atoms with Gasteiger partial charge in [0.05, 0.1) is 10.5 Å². The van der Waals surface area contributed by atoms with Crippen LogP contribution in [0.4, 0.5) is 5.82 Å². The molecule has 0 radical (unpaired) electrons. The number of hydrogen-bond acceptors (Lipinski definition) is 4. The van der Waals surface area contributed by atoms with Gasteiger partial charge in [0.1, 0.15) is 11.9 Å². The molecule has 2 aromatic rings. The van der Waals surface area contributed by atoms with Crippen molar-refractivity contribution < 1.29 is 8.42 Å². The first-order chi connectivity index (χ1) is 9.42. The van der Waals surface area contributed by atoms with E-state index in [2.05, 4.69) is 9.71 Å².